The number of rotatable bonds is 1. The molecule has 74 valence electrons. The van der Waals surface area contributed by atoms with Gasteiger partial charge in [0.15, 0.2) is 5.78 Å². The van der Waals surface area contributed by atoms with Gasteiger partial charge < -0.3 is 5.32 Å². The summed E-state index contributed by atoms with van der Waals surface area (Å²) in [7, 11) is 0. The fraction of sp³-hybridized carbons (Fsp3) is 0.364. The first-order valence-electron chi connectivity index (χ1n) is 4.82. The summed E-state index contributed by atoms with van der Waals surface area (Å²) in [6.45, 7) is 2.86. The molecule has 3 heteroatoms. The number of nitrogens with one attached hydrogen (secondary N) is 1. The Balaban J connectivity index is 2.60. The van der Waals surface area contributed by atoms with Crippen molar-refractivity contribution < 1.29 is 4.79 Å². The van der Waals surface area contributed by atoms with Crippen molar-refractivity contribution in [2.75, 3.05) is 11.9 Å². The first kappa shape index (κ1) is 9.71. The summed E-state index contributed by atoms with van der Waals surface area (Å²) in [5.74, 6) is 0.245. The number of carbonyl (C=O) groups excluding carboxylic acids is 1. The van der Waals surface area contributed by atoms with Crippen LogP contribution in [0.15, 0.2) is 16.6 Å². The molecule has 1 aromatic rings. The van der Waals surface area contributed by atoms with Crippen molar-refractivity contribution in [2.24, 2.45) is 0 Å². The fourth-order valence-corrected chi connectivity index (χ4v) is 2.31. The zero-order valence-electron chi connectivity index (χ0n) is 8.06. The largest absolute Gasteiger partial charge is 0.384 e. The second-order valence-corrected chi connectivity index (χ2v) is 4.36. The summed E-state index contributed by atoms with van der Waals surface area (Å²) < 4.78 is 0.991. The van der Waals surface area contributed by atoms with Crippen LogP contribution in [0.2, 0.25) is 0 Å². The molecule has 1 N–H and O–H groups in total. The van der Waals surface area contributed by atoms with Gasteiger partial charge in [0.1, 0.15) is 0 Å². The molecule has 0 aromatic heterocycles. The number of aryl methyl sites for hydroxylation is 1. The van der Waals surface area contributed by atoms with Gasteiger partial charge in [-0.2, -0.15) is 0 Å². The molecule has 1 aromatic carbocycles. The van der Waals surface area contributed by atoms with E-state index in [-0.39, 0.29) is 5.78 Å². The lowest BCUT2D eigenvalue weighted by atomic mass is 9.97. The maximum atomic E-state index is 11.6. The van der Waals surface area contributed by atoms with Crippen molar-refractivity contribution in [3.8, 4) is 0 Å². The first-order chi connectivity index (χ1) is 6.72. The van der Waals surface area contributed by atoms with Gasteiger partial charge in [-0.05, 0) is 24.1 Å². The van der Waals surface area contributed by atoms with E-state index in [4.69, 9.17) is 0 Å². The zero-order valence-corrected chi connectivity index (χ0v) is 9.65. The van der Waals surface area contributed by atoms with Crippen LogP contribution in [0.25, 0.3) is 0 Å². The SMILES string of the molecule is CCc1cc(Br)cc2c1NCCC2=O. The van der Waals surface area contributed by atoms with E-state index in [9.17, 15) is 4.79 Å². The van der Waals surface area contributed by atoms with Crippen LogP contribution >= 0.6 is 15.9 Å². The van der Waals surface area contributed by atoms with E-state index in [0.29, 0.717) is 6.42 Å². The van der Waals surface area contributed by atoms with Gasteiger partial charge in [0.05, 0.1) is 0 Å². The molecule has 0 saturated carbocycles. The Labute approximate surface area is 91.8 Å². The van der Waals surface area contributed by atoms with E-state index in [2.05, 4.69) is 34.2 Å². The van der Waals surface area contributed by atoms with Crippen LogP contribution < -0.4 is 5.32 Å². The van der Waals surface area contributed by atoms with Crippen LogP contribution in [0.3, 0.4) is 0 Å². The van der Waals surface area contributed by atoms with Gasteiger partial charge in [0.2, 0.25) is 0 Å². The fourth-order valence-electron chi connectivity index (χ4n) is 1.81. The van der Waals surface area contributed by atoms with Crippen molar-refractivity contribution in [3.63, 3.8) is 0 Å². The van der Waals surface area contributed by atoms with Crippen LogP contribution in [0, 0.1) is 0 Å². The molecule has 0 amide bonds. The quantitative estimate of drug-likeness (QED) is 0.834. The third-order valence-electron chi connectivity index (χ3n) is 2.52. The average molecular weight is 254 g/mol. The number of benzene rings is 1. The number of fused-ring (bicyclic) bond motifs is 1. The highest BCUT2D eigenvalue weighted by atomic mass is 79.9. The Morgan fingerprint density at radius 3 is 3.00 bits per heavy atom. The van der Waals surface area contributed by atoms with Crippen molar-refractivity contribution >= 4 is 27.4 Å². The highest BCUT2D eigenvalue weighted by Crippen LogP contribution is 2.30. The smallest absolute Gasteiger partial charge is 0.166 e. The molecule has 1 heterocycles. The van der Waals surface area contributed by atoms with Gasteiger partial charge in [0.25, 0.3) is 0 Å². The summed E-state index contributed by atoms with van der Waals surface area (Å²) in [6.07, 6.45) is 1.55. The van der Waals surface area contributed by atoms with Gasteiger partial charge in [-0.1, -0.05) is 22.9 Å². The van der Waals surface area contributed by atoms with Gasteiger partial charge in [0, 0.05) is 28.7 Å². The first-order valence-corrected chi connectivity index (χ1v) is 5.61. The highest BCUT2D eigenvalue weighted by molar-refractivity contribution is 9.10. The summed E-state index contributed by atoms with van der Waals surface area (Å²) in [6, 6.07) is 3.98. The summed E-state index contributed by atoms with van der Waals surface area (Å²) in [5.41, 5.74) is 3.08. The highest BCUT2D eigenvalue weighted by Gasteiger charge is 2.19. The van der Waals surface area contributed by atoms with Crippen molar-refractivity contribution in [1.29, 1.82) is 0 Å². The Kier molecular flexibility index (Phi) is 2.59. The Hall–Kier alpha value is -0.830. The van der Waals surface area contributed by atoms with Gasteiger partial charge >= 0.3 is 0 Å². The topological polar surface area (TPSA) is 29.1 Å². The van der Waals surface area contributed by atoms with E-state index in [1.54, 1.807) is 0 Å². The number of Topliss-reactive ketones (excluding diaryl/α,β-unsaturated/α-hetero) is 1. The Morgan fingerprint density at radius 2 is 2.29 bits per heavy atom. The molecule has 2 nitrogen and oxygen atoms in total. The second-order valence-electron chi connectivity index (χ2n) is 3.44. The van der Waals surface area contributed by atoms with Crippen molar-refractivity contribution in [2.45, 2.75) is 19.8 Å². The monoisotopic (exact) mass is 253 g/mol. The van der Waals surface area contributed by atoms with E-state index < -0.39 is 0 Å². The molecule has 0 fully saturated rings. The predicted octanol–water partition coefficient (Wildman–Crippen LogP) is 3.01. The van der Waals surface area contributed by atoms with Crippen LogP contribution in [-0.2, 0) is 6.42 Å². The molecule has 14 heavy (non-hydrogen) atoms. The number of carbonyl (C=O) groups is 1. The normalized spacial score (nSPS) is 14.9. The van der Waals surface area contributed by atoms with Gasteiger partial charge in [-0.15, -0.1) is 0 Å². The predicted molar refractivity (Wildman–Crippen MR) is 61.0 cm³/mol. The molecule has 1 aliphatic rings. The van der Waals surface area contributed by atoms with Crippen molar-refractivity contribution in [3.05, 3.63) is 27.7 Å². The van der Waals surface area contributed by atoms with E-state index in [0.717, 1.165) is 28.7 Å². The molecule has 0 aliphatic carbocycles. The van der Waals surface area contributed by atoms with Crippen LogP contribution in [0.1, 0.15) is 29.3 Å². The van der Waals surface area contributed by atoms with E-state index >= 15 is 0 Å². The minimum Gasteiger partial charge on any atom is -0.384 e. The molecular formula is C11H12BrNO. The van der Waals surface area contributed by atoms with Crippen LogP contribution in [0.5, 0.6) is 0 Å². The van der Waals surface area contributed by atoms with E-state index in [1.807, 2.05) is 6.07 Å². The minimum atomic E-state index is 0.245. The lowest BCUT2D eigenvalue weighted by Gasteiger charge is -2.20. The minimum absolute atomic E-state index is 0.245. The summed E-state index contributed by atoms with van der Waals surface area (Å²) in [4.78, 5) is 11.6. The number of ketones is 1. The van der Waals surface area contributed by atoms with Crippen LogP contribution in [-0.4, -0.2) is 12.3 Å². The summed E-state index contributed by atoms with van der Waals surface area (Å²) >= 11 is 3.43. The van der Waals surface area contributed by atoms with Crippen LogP contribution in [0.4, 0.5) is 5.69 Å². The number of halogens is 1. The third kappa shape index (κ3) is 1.57. The maximum absolute atomic E-state index is 11.6. The Morgan fingerprint density at radius 1 is 1.50 bits per heavy atom. The standard InChI is InChI=1S/C11H12BrNO/c1-2-7-5-8(12)6-9-10(14)3-4-13-11(7)9/h5-6,13H,2-4H2,1H3. The summed E-state index contributed by atoms with van der Waals surface area (Å²) in [5, 5.41) is 3.30. The molecule has 0 unspecified atom stereocenters. The lowest BCUT2D eigenvalue weighted by Crippen LogP contribution is -2.19. The molecular weight excluding hydrogens is 242 g/mol. The second kappa shape index (κ2) is 3.73. The number of anilines is 1. The third-order valence-corrected chi connectivity index (χ3v) is 2.98. The maximum Gasteiger partial charge on any atom is 0.166 e. The van der Waals surface area contributed by atoms with E-state index in [1.165, 1.54) is 5.56 Å². The van der Waals surface area contributed by atoms with Gasteiger partial charge in [-0.3, -0.25) is 4.79 Å². The molecule has 0 spiro atoms. The number of hydrogen-bond donors (Lipinski definition) is 1. The molecule has 2 rings (SSSR count). The molecule has 0 atom stereocenters. The molecule has 0 radical (unpaired) electrons. The molecule has 0 saturated heterocycles. The lowest BCUT2D eigenvalue weighted by molar-refractivity contribution is 0.0983. The average Bonchev–Trinajstić information content (AvgIpc) is 2.18. The molecule has 1 aliphatic heterocycles. The van der Waals surface area contributed by atoms with Gasteiger partial charge in [-0.25, -0.2) is 0 Å². The van der Waals surface area contributed by atoms with Crippen molar-refractivity contribution in [1.82, 2.24) is 0 Å². The zero-order chi connectivity index (χ0) is 10.1. The number of hydrogen-bond acceptors (Lipinski definition) is 2. The Bertz CT molecular complexity index is 387. The molecule has 0 bridgehead atoms.